The minimum absolute atomic E-state index is 0.298. The van der Waals surface area contributed by atoms with Crippen LogP contribution in [0.1, 0.15) is 30.0 Å². The van der Waals surface area contributed by atoms with Crippen molar-refractivity contribution in [3.05, 3.63) is 52.6 Å². The molecule has 0 aromatic carbocycles. The van der Waals surface area contributed by atoms with Crippen molar-refractivity contribution >= 4 is 11.6 Å². The molecule has 0 aliphatic carbocycles. The zero-order chi connectivity index (χ0) is 16.4. The van der Waals surface area contributed by atoms with Crippen LogP contribution in [0.5, 0.6) is 0 Å². The van der Waals surface area contributed by atoms with E-state index in [1.54, 1.807) is 24.5 Å². The Kier molecular flexibility index (Phi) is 3.96. The summed E-state index contributed by atoms with van der Waals surface area (Å²) in [5, 5.41) is 9.04. The Morgan fingerprint density at radius 1 is 1.39 bits per heavy atom. The van der Waals surface area contributed by atoms with Crippen molar-refractivity contribution in [2.75, 3.05) is 0 Å². The highest BCUT2D eigenvalue weighted by molar-refractivity contribution is 5.99. The summed E-state index contributed by atoms with van der Waals surface area (Å²) in [4.78, 5) is 28.2. The molecule has 0 aliphatic rings. The third-order valence-corrected chi connectivity index (χ3v) is 3.46. The van der Waals surface area contributed by atoms with Crippen LogP contribution in [-0.2, 0) is 13.1 Å². The van der Waals surface area contributed by atoms with E-state index in [0.29, 0.717) is 23.7 Å². The number of carbonyl (C=O) groups excluding carboxylic acids is 1. The predicted molar refractivity (Wildman–Crippen MR) is 84.0 cm³/mol. The third-order valence-electron chi connectivity index (χ3n) is 3.46. The van der Waals surface area contributed by atoms with Crippen molar-refractivity contribution in [3.8, 4) is 0 Å². The summed E-state index contributed by atoms with van der Waals surface area (Å²) in [5.74, 6) is 0.982. The van der Waals surface area contributed by atoms with Crippen molar-refractivity contribution in [2.45, 2.75) is 26.9 Å². The Balaban J connectivity index is 1.77. The molecule has 8 heteroatoms. The monoisotopic (exact) mass is 314 g/mol. The normalized spacial score (nSPS) is 11.3. The van der Waals surface area contributed by atoms with Gasteiger partial charge >= 0.3 is 5.69 Å². The summed E-state index contributed by atoms with van der Waals surface area (Å²) >= 11 is 0. The number of imidazole rings is 1. The lowest BCUT2D eigenvalue weighted by molar-refractivity contribution is 0.0950. The lowest BCUT2D eigenvalue weighted by atomic mass is 10.2. The van der Waals surface area contributed by atoms with E-state index in [4.69, 9.17) is 0 Å². The van der Waals surface area contributed by atoms with E-state index in [0.717, 1.165) is 12.4 Å². The molecule has 0 atom stereocenters. The molecule has 3 heterocycles. The minimum atomic E-state index is -0.373. The van der Waals surface area contributed by atoms with Gasteiger partial charge in [-0.15, -0.1) is 0 Å². The maximum absolute atomic E-state index is 12.4. The lowest BCUT2D eigenvalue weighted by Gasteiger charge is -2.11. The van der Waals surface area contributed by atoms with Gasteiger partial charge in [-0.1, -0.05) is 13.8 Å². The number of hydrogen-bond acceptors (Lipinski definition) is 4. The fourth-order valence-electron chi connectivity index (χ4n) is 2.43. The number of nitrogens with zero attached hydrogens (tertiary/aromatic N) is 4. The fraction of sp³-hybridized carbons (Fsp3) is 0.333. The number of carbonyl (C=O) groups is 1. The summed E-state index contributed by atoms with van der Waals surface area (Å²) in [6.45, 7) is 5.40. The topological polar surface area (TPSA) is 97.1 Å². The van der Waals surface area contributed by atoms with Gasteiger partial charge < -0.3 is 9.88 Å². The highest BCUT2D eigenvalue weighted by atomic mass is 16.2. The average molecular weight is 314 g/mol. The number of aromatic nitrogens is 5. The number of rotatable bonds is 5. The van der Waals surface area contributed by atoms with Crippen LogP contribution in [0.3, 0.4) is 0 Å². The SMILES string of the molecule is CC(C)Cn1ccnc1CNC(=O)c1cccn2c(=O)[nH]nc12. The van der Waals surface area contributed by atoms with Crippen LogP contribution >= 0.6 is 0 Å². The number of pyridine rings is 1. The summed E-state index contributed by atoms with van der Waals surface area (Å²) in [6, 6.07) is 3.27. The zero-order valence-corrected chi connectivity index (χ0v) is 13.0. The molecule has 0 bridgehead atoms. The van der Waals surface area contributed by atoms with Gasteiger partial charge in [-0.25, -0.2) is 19.3 Å². The molecule has 1 amide bonds. The molecule has 23 heavy (non-hydrogen) atoms. The van der Waals surface area contributed by atoms with Crippen LogP contribution in [0.2, 0.25) is 0 Å². The van der Waals surface area contributed by atoms with E-state index in [2.05, 4.69) is 34.3 Å². The van der Waals surface area contributed by atoms with E-state index in [-0.39, 0.29) is 11.6 Å². The quantitative estimate of drug-likeness (QED) is 0.728. The molecule has 8 nitrogen and oxygen atoms in total. The van der Waals surface area contributed by atoms with Crippen LogP contribution in [0, 0.1) is 5.92 Å². The molecule has 0 aliphatic heterocycles. The first-order valence-electron chi connectivity index (χ1n) is 7.40. The van der Waals surface area contributed by atoms with Crippen molar-refractivity contribution in [2.24, 2.45) is 5.92 Å². The van der Waals surface area contributed by atoms with Gasteiger partial charge in [0.1, 0.15) is 5.82 Å². The second kappa shape index (κ2) is 6.07. The largest absolute Gasteiger partial charge is 0.347 e. The highest BCUT2D eigenvalue weighted by Crippen LogP contribution is 2.07. The van der Waals surface area contributed by atoms with Crippen LogP contribution in [0.25, 0.3) is 5.65 Å². The van der Waals surface area contributed by atoms with Gasteiger partial charge in [-0.05, 0) is 18.1 Å². The van der Waals surface area contributed by atoms with Gasteiger partial charge in [0.2, 0.25) is 0 Å². The predicted octanol–water partition coefficient (Wildman–Crippen LogP) is 0.805. The molecule has 0 saturated carbocycles. The maximum atomic E-state index is 12.4. The minimum Gasteiger partial charge on any atom is -0.345 e. The van der Waals surface area contributed by atoms with Gasteiger partial charge in [0, 0.05) is 25.1 Å². The molecular formula is C15H18N6O2. The van der Waals surface area contributed by atoms with E-state index in [1.165, 1.54) is 4.40 Å². The maximum Gasteiger partial charge on any atom is 0.347 e. The summed E-state index contributed by atoms with van der Waals surface area (Å²) in [6.07, 6.45) is 5.18. The molecule has 0 fully saturated rings. The first-order chi connectivity index (χ1) is 11.1. The van der Waals surface area contributed by atoms with Gasteiger partial charge in [0.05, 0.1) is 12.1 Å². The molecule has 0 unspecified atom stereocenters. The van der Waals surface area contributed by atoms with Crippen molar-refractivity contribution < 1.29 is 4.79 Å². The second-order valence-corrected chi connectivity index (χ2v) is 5.72. The van der Waals surface area contributed by atoms with Gasteiger partial charge in [-0.2, -0.15) is 5.10 Å². The number of amides is 1. The van der Waals surface area contributed by atoms with Crippen LogP contribution in [0.4, 0.5) is 0 Å². The standard InChI is InChI=1S/C15H18N6O2/c1-10(2)9-20-7-5-16-12(20)8-17-14(22)11-4-3-6-21-13(11)18-19-15(21)23/h3-7,10H,8-9H2,1-2H3,(H,17,22)(H,19,23). The van der Waals surface area contributed by atoms with Crippen molar-refractivity contribution in [1.29, 1.82) is 0 Å². The molecule has 3 rings (SSSR count). The van der Waals surface area contributed by atoms with Gasteiger partial charge in [-0.3, -0.25) is 4.79 Å². The number of fused-ring (bicyclic) bond motifs is 1. The summed E-state index contributed by atoms with van der Waals surface area (Å²) in [5.41, 5.74) is 0.274. The van der Waals surface area contributed by atoms with Crippen molar-refractivity contribution in [3.63, 3.8) is 0 Å². The van der Waals surface area contributed by atoms with E-state index in [1.807, 2.05) is 10.8 Å². The van der Waals surface area contributed by atoms with Crippen LogP contribution in [0.15, 0.2) is 35.5 Å². The van der Waals surface area contributed by atoms with Gasteiger partial charge in [0.15, 0.2) is 5.65 Å². The number of H-pyrrole nitrogens is 1. The van der Waals surface area contributed by atoms with E-state index >= 15 is 0 Å². The molecule has 0 radical (unpaired) electrons. The molecule has 120 valence electrons. The number of aromatic amines is 1. The Hall–Kier alpha value is -2.90. The first kappa shape index (κ1) is 15.0. The molecule has 3 aromatic rings. The fourth-order valence-corrected chi connectivity index (χ4v) is 2.43. The molecular weight excluding hydrogens is 296 g/mol. The third kappa shape index (κ3) is 3.01. The molecule has 3 aromatic heterocycles. The summed E-state index contributed by atoms with van der Waals surface area (Å²) in [7, 11) is 0. The first-order valence-corrected chi connectivity index (χ1v) is 7.40. The lowest BCUT2D eigenvalue weighted by Crippen LogP contribution is -2.26. The Morgan fingerprint density at radius 2 is 2.22 bits per heavy atom. The second-order valence-electron chi connectivity index (χ2n) is 5.72. The molecule has 0 saturated heterocycles. The summed E-state index contributed by atoms with van der Waals surface area (Å²) < 4.78 is 3.32. The zero-order valence-electron chi connectivity index (χ0n) is 13.0. The molecule has 0 spiro atoms. The number of nitrogens with one attached hydrogen (secondary N) is 2. The van der Waals surface area contributed by atoms with Crippen LogP contribution < -0.4 is 11.0 Å². The van der Waals surface area contributed by atoms with Gasteiger partial charge in [0.25, 0.3) is 5.91 Å². The number of hydrogen-bond donors (Lipinski definition) is 2. The smallest absolute Gasteiger partial charge is 0.345 e. The average Bonchev–Trinajstić information content (AvgIpc) is 3.11. The molecule has 2 N–H and O–H groups in total. The van der Waals surface area contributed by atoms with E-state index in [9.17, 15) is 9.59 Å². The Morgan fingerprint density at radius 3 is 3.00 bits per heavy atom. The van der Waals surface area contributed by atoms with Crippen molar-refractivity contribution in [1.82, 2.24) is 29.5 Å². The van der Waals surface area contributed by atoms with Crippen LogP contribution in [-0.4, -0.2) is 30.1 Å². The highest BCUT2D eigenvalue weighted by Gasteiger charge is 2.14. The Labute approximate surface area is 132 Å². The van der Waals surface area contributed by atoms with E-state index < -0.39 is 0 Å². The Bertz CT molecular complexity index is 889.